The number of aliphatic hydroxyl groups excluding tert-OH is 1. The number of pyridine rings is 1. The van der Waals surface area contributed by atoms with Crippen molar-refractivity contribution in [1.82, 2.24) is 4.98 Å². The SMILES string of the molecule is CCN(CC)c1ccc(-c2ccc3ccc(OC(C)(CO)OS(=O)(=O)c4ccc(C)cc4)cc3n2)cc1. The molecule has 1 heterocycles. The van der Waals surface area contributed by atoms with Gasteiger partial charge in [-0.1, -0.05) is 35.9 Å². The van der Waals surface area contributed by atoms with Crippen molar-refractivity contribution in [2.45, 2.75) is 38.4 Å². The highest BCUT2D eigenvalue weighted by atomic mass is 32.2. The summed E-state index contributed by atoms with van der Waals surface area (Å²) in [4.78, 5) is 7.05. The average Bonchev–Trinajstić information content (AvgIpc) is 2.89. The molecule has 0 fully saturated rings. The maximum atomic E-state index is 12.8. The fourth-order valence-electron chi connectivity index (χ4n) is 4.06. The van der Waals surface area contributed by atoms with Gasteiger partial charge in [0, 0.05) is 42.7 Å². The number of hydrogen-bond acceptors (Lipinski definition) is 7. The van der Waals surface area contributed by atoms with Gasteiger partial charge in [-0.2, -0.15) is 8.42 Å². The molecule has 0 radical (unpaired) electrons. The summed E-state index contributed by atoms with van der Waals surface area (Å²) in [6.45, 7) is 8.70. The number of ether oxygens (including phenoxy) is 1. The molecular formula is C29H32N2O5S. The molecule has 1 aromatic heterocycles. The van der Waals surface area contributed by atoms with Gasteiger partial charge in [0.2, 0.25) is 5.79 Å². The zero-order chi connectivity index (χ0) is 26.6. The largest absolute Gasteiger partial charge is 0.459 e. The molecule has 0 aliphatic carbocycles. The van der Waals surface area contributed by atoms with E-state index in [1.165, 1.54) is 19.1 Å². The van der Waals surface area contributed by atoms with Gasteiger partial charge < -0.3 is 14.7 Å². The molecule has 0 amide bonds. The second-order valence-corrected chi connectivity index (χ2v) is 10.6. The molecule has 0 aliphatic heterocycles. The van der Waals surface area contributed by atoms with Crippen LogP contribution in [-0.2, 0) is 14.3 Å². The van der Waals surface area contributed by atoms with Gasteiger partial charge in [-0.25, -0.2) is 9.17 Å². The highest BCUT2D eigenvalue weighted by Gasteiger charge is 2.34. The monoisotopic (exact) mass is 520 g/mol. The summed E-state index contributed by atoms with van der Waals surface area (Å²) in [5, 5.41) is 10.9. The van der Waals surface area contributed by atoms with Crippen LogP contribution in [0, 0.1) is 6.92 Å². The summed E-state index contributed by atoms with van der Waals surface area (Å²) < 4.78 is 36.8. The quantitative estimate of drug-likeness (QED) is 0.217. The van der Waals surface area contributed by atoms with Gasteiger partial charge in [-0.15, -0.1) is 0 Å². The second kappa shape index (κ2) is 10.9. The summed E-state index contributed by atoms with van der Waals surface area (Å²) in [5.41, 5.74) is 4.54. The molecule has 0 saturated heterocycles. The summed E-state index contributed by atoms with van der Waals surface area (Å²) in [5.74, 6) is -1.50. The smallest absolute Gasteiger partial charge is 0.300 e. The Balaban J connectivity index is 1.58. The first kappa shape index (κ1) is 26.6. The van der Waals surface area contributed by atoms with Crippen molar-refractivity contribution in [3.05, 3.63) is 84.4 Å². The molecule has 1 N–H and O–H groups in total. The van der Waals surface area contributed by atoms with Gasteiger partial charge in [0.05, 0.1) is 16.1 Å². The van der Waals surface area contributed by atoms with E-state index in [1.54, 1.807) is 24.3 Å². The minimum absolute atomic E-state index is 0.0155. The van der Waals surface area contributed by atoms with E-state index < -0.39 is 22.5 Å². The Bertz CT molecular complexity index is 1470. The van der Waals surface area contributed by atoms with Crippen LogP contribution in [0.25, 0.3) is 22.2 Å². The molecule has 0 aliphatic rings. The van der Waals surface area contributed by atoms with Crippen LogP contribution in [0.2, 0.25) is 0 Å². The lowest BCUT2D eigenvalue weighted by Gasteiger charge is -2.28. The molecule has 4 aromatic rings. The van der Waals surface area contributed by atoms with Crippen LogP contribution >= 0.6 is 0 Å². The minimum atomic E-state index is -4.17. The van der Waals surface area contributed by atoms with Crippen molar-refractivity contribution in [1.29, 1.82) is 0 Å². The van der Waals surface area contributed by atoms with E-state index in [0.717, 1.165) is 41.0 Å². The van der Waals surface area contributed by atoms with E-state index in [-0.39, 0.29) is 4.90 Å². The predicted molar refractivity (Wildman–Crippen MR) is 146 cm³/mol. The van der Waals surface area contributed by atoms with Crippen LogP contribution in [0.5, 0.6) is 5.75 Å². The molecule has 0 bridgehead atoms. The maximum Gasteiger partial charge on any atom is 0.300 e. The number of rotatable bonds is 10. The third-order valence-corrected chi connectivity index (χ3v) is 7.59. The number of aliphatic hydroxyl groups is 1. The summed E-state index contributed by atoms with van der Waals surface area (Å²) >= 11 is 0. The predicted octanol–water partition coefficient (Wildman–Crippen LogP) is 5.55. The van der Waals surface area contributed by atoms with Crippen LogP contribution in [0.4, 0.5) is 5.69 Å². The van der Waals surface area contributed by atoms with Gasteiger partial charge in [0.1, 0.15) is 12.4 Å². The Morgan fingerprint density at radius 3 is 2.19 bits per heavy atom. The molecule has 0 spiro atoms. The van der Waals surface area contributed by atoms with E-state index in [9.17, 15) is 13.5 Å². The number of aromatic nitrogens is 1. The lowest BCUT2D eigenvalue weighted by Crippen LogP contribution is -2.41. The van der Waals surface area contributed by atoms with Crippen LogP contribution < -0.4 is 9.64 Å². The maximum absolute atomic E-state index is 12.8. The Labute approximate surface area is 218 Å². The summed E-state index contributed by atoms with van der Waals surface area (Å²) in [6.07, 6.45) is 0. The summed E-state index contributed by atoms with van der Waals surface area (Å²) in [6, 6.07) is 23.7. The lowest BCUT2D eigenvalue weighted by molar-refractivity contribution is -0.125. The molecule has 194 valence electrons. The molecule has 3 aromatic carbocycles. The summed E-state index contributed by atoms with van der Waals surface area (Å²) in [7, 11) is -4.17. The van der Waals surface area contributed by atoms with Crippen molar-refractivity contribution in [2.24, 2.45) is 0 Å². The van der Waals surface area contributed by atoms with Gasteiger partial charge in [0.15, 0.2) is 0 Å². The van der Waals surface area contributed by atoms with E-state index in [2.05, 4.69) is 43.0 Å². The standard InChI is InChI=1S/C29H32N2O5S/c1-5-31(6-2)24-13-9-22(10-14-24)27-18-12-23-11-15-25(19-28(23)30-27)35-29(4,20-32)36-37(33,34)26-16-7-21(3)8-17-26/h7-19,32H,5-6,20H2,1-4H3. The zero-order valence-electron chi connectivity index (χ0n) is 21.5. The fraction of sp³-hybridized carbons (Fsp3) is 0.276. The van der Waals surface area contributed by atoms with E-state index >= 15 is 0 Å². The first-order valence-corrected chi connectivity index (χ1v) is 13.7. The Hall–Kier alpha value is -3.46. The Morgan fingerprint density at radius 1 is 0.919 bits per heavy atom. The Kier molecular flexibility index (Phi) is 7.82. The molecule has 8 heteroatoms. The highest BCUT2D eigenvalue weighted by molar-refractivity contribution is 7.86. The molecule has 0 saturated carbocycles. The molecule has 37 heavy (non-hydrogen) atoms. The highest BCUT2D eigenvalue weighted by Crippen LogP contribution is 2.29. The van der Waals surface area contributed by atoms with Crippen molar-refractivity contribution in [3.63, 3.8) is 0 Å². The van der Waals surface area contributed by atoms with Gasteiger partial charge >= 0.3 is 10.1 Å². The first-order valence-electron chi connectivity index (χ1n) is 12.2. The van der Waals surface area contributed by atoms with Crippen LogP contribution in [0.3, 0.4) is 0 Å². The van der Waals surface area contributed by atoms with Crippen molar-refractivity contribution in [3.8, 4) is 17.0 Å². The number of aryl methyl sites for hydroxylation is 1. The zero-order valence-corrected chi connectivity index (χ0v) is 22.3. The van der Waals surface area contributed by atoms with Crippen molar-refractivity contribution >= 4 is 26.7 Å². The Morgan fingerprint density at radius 2 is 1.57 bits per heavy atom. The number of anilines is 1. The van der Waals surface area contributed by atoms with Crippen LogP contribution in [-0.4, -0.2) is 44.0 Å². The van der Waals surface area contributed by atoms with E-state index in [4.69, 9.17) is 13.9 Å². The van der Waals surface area contributed by atoms with E-state index in [1.807, 2.05) is 25.1 Å². The fourth-order valence-corrected chi connectivity index (χ4v) is 5.18. The third kappa shape index (κ3) is 6.10. The molecule has 1 atom stereocenters. The van der Waals surface area contributed by atoms with Gasteiger partial charge in [0.25, 0.3) is 0 Å². The normalized spacial score (nSPS) is 13.3. The average molecular weight is 521 g/mol. The third-order valence-electron chi connectivity index (χ3n) is 6.17. The second-order valence-electron chi connectivity index (χ2n) is 9.01. The number of benzene rings is 3. The molecular weight excluding hydrogens is 488 g/mol. The number of fused-ring (bicyclic) bond motifs is 1. The van der Waals surface area contributed by atoms with Crippen molar-refractivity contribution in [2.75, 3.05) is 24.6 Å². The molecule has 1 unspecified atom stereocenters. The molecule has 4 rings (SSSR count). The molecule has 7 nitrogen and oxygen atoms in total. The lowest BCUT2D eigenvalue weighted by atomic mass is 10.1. The van der Waals surface area contributed by atoms with Crippen molar-refractivity contribution < 1.29 is 22.4 Å². The van der Waals surface area contributed by atoms with Crippen LogP contribution in [0.15, 0.2) is 83.8 Å². The van der Waals surface area contributed by atoms with Gasteiger partial charge in [-0.05, 0) is 63.2 Å². The van der Waals surface area contributed by atoms with Gasteiger partial charge in [-0.3, -0.25) is 0 Å². The van der Waals surface area contributed by atoms with E-state index in [0.29, 0.717) is 11.3 Å². The van der Waals surface area contributed by atoms with Crippen LogP contribution in [0.1, 0.15) is 26.3 Å². The topological polar surface area (TPSA) is 89.0 Å². The minimum Gasteiger partial charge on any atom is -0.459 e. The first-order chi connectivity index (χ1) is 17.7. The number of hydrogen-bond donors (Lipinski definition) is 1. The number of nitrogens with zero attached hydrogens (tertiary/aromatic N) is 2.